The number of fused-ring (bicyclic) bond motifs is 2. The Hall–Kier alpha value is -3.89. The van der Waals surface area contributed by atoms with Gasteiger partial charge in [0.1, 0.15) is 12.7 Å². The van der Waals surface area contributed by atoms with Gasteiger partial charge < -0.3 is 0 Å². The van der Waals surface area contributed by atoms with Crippen molar-refractivity contribution < 1.29 is 0 Å². The summed E-state index contributed by atoms with van der Waals surface area (Å²) < 4.78 is 3.19. The van der Waals surface area contributed by atoms with Crippen molar-refractivity contribution in [2.75, 3.05) is 0 Å². The highest BCUT2D eigenvalue weighted by molar-refractivity contribution is 5.41. The molecule has 0 unspecified atom stereocenters. The number of nitrogens with zero attached hydrogens (tertiary/aromatic N) is 11. The van der Waals surface area contributed by atoms with E-state index in [1.54, 1.807) is 41.8 Å². The molecule has 0 saturated heterocycles. The van der Waals surface area contributed by atoms with Crippen molar-refractivity contribution in [2.24, 2.45) is 0 Å². The van der Waals surface area contributed by atoms with E-state index in [2.05, 4.69) is 45.5 Å². The van der Waals surface area contributed by atoms with Gasteiger partial charge in [0.15, 0.2) is 5.65 Å². The summed E-state index contributed by atoms with van der Waals surface area (Å²) in [5.41, 5.74) is 3.78. The van der Waals surface area contributed by atoms with E-state index in [0.717, 1.165) is 22.5 Å². The lowest BCUT2D eigenvalue weighted by molar-refractivity contribution is 0.808. The van der Waals surface area contributed by atoms with Gasteiger partial charge in [0.2, 0.25) is 0 Å². The summed E-state index contributed by atoms with van der Waals surface area (Å²) in [5, 5.41) is 14.9. The van der Waals surface area contributed by atoms with Crippen LogP contribution in [0.25, 0.3) is 11.4 Å². The lowest BCUT2D eigenvalue weighted by Gasteiger charge is -1.90. The number of aromatic nitrogens is 11. The molecule has 0 saturated carbocycles. The molecule has 0 aliphatic carbocycles. The smallest absolute Gasteiger partial charge is 0.252 e. The van der Waals surface area contributed by atoms with Crippen LogP contribution in [-0.2, 0) is 0 Å². The van der Waals surface area contributed by atoms with Crippen molar-refractivity contribution in [2.45, 2.75) is 20.8 Å². The maximum Gasteiger partial charge on any atom is 0.252 e. The molecule has 0 atom stereocenters. The van der Waals surface area contributed by atoms with Crippen molar-refractivity contribution in [3.05, 3.63) is 66.7 Å². The molecule has 0 fully saturated rings. The molecule has 5 aromatic heterocycles. The van der Waals surface area contributed by atoms with E-state index < -0.39 is 0 Å². The van der Waals surface area contributed by atoms with Gasteiger partial charge in [0, 0.05) is 42.7 Å². The summed E-state index contributed by atoms with van der Waals surface area (Å²) in [6.45, 7) is 5.79. The quantitative estimate of drug-likeness (QED) is 0.397. The lowest BCUT2D eigenvalue weighted by atomic mass is 10.4. The van der Waals surface area contributed by atoms with E-state index in [1.807, 2.05) is 27.0 Å². The first-order chi connectivity index (χ1) is 13.1. The number of rotatable bonds is 0. The van der Waals surface area contributed by atoms with Crippen molar-refractivity contribution in [1.82, 2.24) is 54.6 Å². The Morgan fingerprint density at radius 2 is 1.74 bits per heavy atom. The molecule has 0 spiro atoms. The summed E-state index contributed by atoms with van der Waals surface area (Å²) in [6, 6.07) is 0. The molecule has 11 heteroatoms. The van der Waals surface area contributed by atoms with Crippen LogP contribution in [0.3, 0.4) is 0 Å². The van der Waals surface area contributed by atoms with Crippen LogP contribution in [0.4, 0.5) is 0 Å². The molecule has 5 rings (SSSR count). The topological polar surface area (TPSA) is 125 Å². The minimum atomic E-state index is 0.644. The Labute approximate surface area is 154 Å². The van der Waals surface area contributed by atoms with Gasteiger partial charge >= 0.3 is 0 Å². The number of hydrogen-bond donors (Lipinski definition) is 0. The molecule has 27 heavy (non-hydrogen) atoms. The normalized spacial score (nSPS) is 10.0. The van der Waals surface area contributed by atoms with E-state index in [0.29, 0.717) is 5.78 Å². The molecule has 11 nitrogen and oxygen atoms in total. The molecule has 136 valence electrons. The number of aryl methyl sites for hydroxylation is 3. The van der Waals surface area contributed by atoms with Crippen molar-refractivity contribution in [3.63, 3.8) is 0 Å². The second-order valence-electron chi connectivity index (χ2n) is 5.51. The van der Waals surface area contributed by atoms with Crippen molar-refractivity contribution in [3.8, 4) is 0 Å². The van der Waals surface area contributed by atoms with E-state index in [1.165, 1.54) is 10.8 Å². The number of tetrazole rings is 1. The van der Waals surface area contributed by atoms with E-state index in [4.69, 9.17) is 0 Å². The van der Waals surface area contributed by atoms with Crippen LogP contribution in [0.1, 0.15) is 16.8 Å². The molecule has 5 heterocycles. The van der Waals surface area contributed by atoms with Crippen LogP contribution < -0.4 is 0 Å². The number of hydrogen-bond acceptors (Lipinski definition) is 9. The molecule has 0 radical (unpaired) electrons. The first-order valence-electron chi connectivity index (χ1n) is 7.96. The highest BCUT2D eigenvalue weighted by Gasteiger charge is 1.97. The predicted molar refractivity (Wildman–Crippen MR) is 95.6 cm³/mol. The van der Waals surface area contributed by atoms with Gasteiger partial charge in [-0.25, -0.2) is 14.5 Å². The highest BCUT2D eigenvalue weighted by atomic mass is 15.5. The third-order valence-corrected chi connectivity index (χ3v) is 3.25. The van der Waals surface area contributed by atoms with Gasteiger partial charge in [0.25, 0.3) is 5.78 Å². The summed E-state index contributed by atoms with van der Waals surface area (Å²) >= 11 is 0. The fourth-order valence-corrected chi connectivity index (χ4v) is 1.98. The van der Waals surface area contributed by atoms with E-state index in [9.17, 15) is 0 Å². The summed E-state index contributed by atoms with van der Waals surface area (Å²) in [4.78, 5) is 19.6. The largest absolute Gasteiger partial charge is 0.261 e. The minimum Gasteiger partial charge on any atom is -0.261 e. The highest BCUT2D eigenvalue weighted by Crippen LogP contribution is 1.99. The molecule has 0 aliphatic heterocycles. The van der Waals surface area contributed by atoms with Gasteiger partial charge in [-0.3, -0.25) is 9.97 Å². The average molecular weight is 363 g/mol. The van der Waals surface area contributed by atoms with E-state index in [-0.39, 0.29) is 0 Å². The van der Waals surface area contributed by atoms with Crippen LogP contribution in [-0.4, -0.2) is 54.6 Å². The standard InChI is InChI=1S/C6H6N4.C5H5N5.C5H6N2/c1-5-2-7-6-8-4-9-10(6)3-5;1-4-2-6-3-10-5(4)7-8-9-10;1-5-4-6-2-3-7-5/h2-4H,1H3;2-3H,1H3;2-4H,1H3. The van der Waals surface area contributed by atoms with Crippen LogP contribution in [0.2, 0.25) is 0 Å². The molecular formula is C16H17N11. The van der Waals surface area contributed by atoms with Crippen molar-refractivity contribution >= 4 is 11.4 Å². The van der Waals surface area contributed by atoms with Crippen molar-refractivity contribution in [1.29, 1.82) is 0 Å². The van der Waals surface area contributed by atoms with E-state index >= 15 is 0 Å². The molecular weight excluding hydrogens is 346 g/mol. The molecule has 0 bridgehead atoms. The first kappa shape index (κ1) is 17.9. The first-order valence-corrected chi connectivity index (χ1v) is 7.96. The van der Waals surface area contributed by atoms with Gasteiger partial charge in [-0.15, -0.1) is 5.10 Å². The third kappa shape index (κ3) is 4.81. The molecule has 0 amide bonds. The maximum absolute atomic E-state index is 4.03. The lowest BCUT2D eigenvalue weighted by Crippen LogP contribution is -1.90. The second kappa shape index (κ2) is 8.47. The Balaban J connectivity index is 0.000000119. The Bertz CT molecular complexity index is 1120. The second-order valence-corrected chi connectivity index (χ2v) is 5.51. The third-order valence-electron chi connectivity index (χ3n) is 3.25. The summed E-state index contributed by atoms with van der Waals surface area (Å²) in [7, 11) is 0. The Morgan fingerprint density at radius 1 is 0.852 bits per heavy atom. The molecule has 0 aromatic carbocycles. The van der Waals surface area contributed by atoms with Gasteiger partial charge in [-0.1, -0.05) is 0 Å². The van der Waals surface area contributed by atoms with Crippen LogP contribution in [0, 0.1) is 20.8 Å². The van der Waals surface area contributed by atoms with Gasteiger partial charge in [0.05, 0.1) is 5.69 Å². The van der Waals surface area contributed by atoms with Crippen LogP contribution in [0.5, 0.6) is 0 Å². The van der Waals surface area contributed by atoms with Crippen LogP contribution >= 0.6 is 0 Å². The zero-order valence-electron chi connectivity index (χ0n) is 15.0. The maximum atomic E-state index is 4.03. The zero-order chi connectivity index (χ0) is 19.1. The van der Waals surface area contributed by atoms with Gasteiger partial charge in [-0.2, -0.15) is 14.6 Å². The zero-order valence-corrected chi connectivity index (χ0v) is 15.0. The average Bonchev–Trinajstić information content (AvgIpc) is 3.33. The fraction of sp³-hybridized carbons (Fsp3) is 0.188. The Morgan fingerprint density at radius 3 is 2.44 bits per heavy atom. The fourth-order valence-electron chi connectivity index (χ4n) is 1.98. The summed E-state index contributed by atoms with van der Waals surface area (Å²) in [6.07, 6.45) is 13.5. The predicted octanol–water partition coefficient (Wildman–Crippen LogP) is 1.05. The van der Waals surface area contributed by atoms with Gasteiger partial charge in [-0.05, 0) is 36.8 Å². The molecule has 0 N–H and O–H groups in total. The Kier molecular flexibility index (Phi) is 5.62. The SMILES string of the molecule is Cc1cnc2ncnn2c1.Cc1cnccn1.Cc1cncn2nnnc12. The minimum absolute atomic E-state index is 0.644. The molecule has 5 aromatic rings. The monoisotopic (exact) mass is 363 g/mol. The molecule has 0 aliphatic rings. The van der Waals surface area contributed by atoms with Crippen LogP contribution in [0.15, 0.2) is 49.8 Å². The summed E-state index contributed by atoms with van der Waals surface area (Å²) in [5.74, 6) is 0.644.